The van der Waals surface area contributed by atoms with Crippen molar-refractivity contribution in [2.75, 3.05) is 27.6 Å². The number of hydrogen-bond acceptors (Lipinski definition) is 5. The fraction of sp³-hybridized carbons (Fsp3) is 0.316. The highest BCUT2D eigenvalue weighted by Crippen LogP contribution is 2.32. The number of carbonyl (C=O) groups is 1. The Balaban J connectivity index is 1.43. The van der Waals surface area contributed by atoms with E-state index >= 15 is 0 Å². The summed E-state index contributed by atoms with van der Waals surface area (Å²) in [4.78, 5) is 11.9. The molecule has 0 saturated heterocycles. The molecule has 0 radical (unpaired) electrons. The third-order valence-corrected chi connectivity index (χ3v) is 4.04. The minimum atomic E-state index is -0.219. The normalized spacial score (nSPS) is 11.8. The van der Waals surface area contributed by atoms with Crippen LogP contribution in [-0.2, 0) is 13.0 Å². The molecular formula is C19H22N2O5. The smallest absolute Gasteiger partial charge is 0.315 e. The number of ether oxygens (including phenoxy) is 4. The molecule has 0 aromatic heterocycles. The molecule has 0 spiro atoms. The quantitative estimate of drug-likeness (QED) is 0.795. The van der Waals surface area contributed by atoms with E-state index in [1.54, 1.807) is 14.2 Å². The monoisotopic (exact) mass is 358 g/mol. The van der Waals surface area contributed by atoms with Crippen LogP contribution in [0.25, 0.3) is 0 Å². The molecule has 0 bridgehead atoms. The van der Waals surface area contributed by atoms with E-state index in [1.165, 1.54) is 0 Å². The number of benzene rings is 2. The van der Waals surface area contributed by atoms with Gasteiger partial charge in [-0.2, -0.15) is 0 Å². The SMILES string of the molecule is COc1ccc(CCNC(=O)NCc2ccc3c(c2)OCO3)cc1OC. The molecule has 138 valence electrons. The number of amides is 2. The molecule has 2 N–H and O–H groups in total. The van der Waals surface area contributed by atoms with Crippen molar-refractivity contribution in [1.82, 2.24) is 10.6 Å². The molecule has 0 atom stereocenters. The van der Waals surface area contributed by atoms with Crippen molar-refractivity contribution < 1.29 is 23.7 Å². The standard InChI is InChI=1S/C19H22N2O5/c1-23-15-5-3-13(9-17(15)24-2)7-8-20-19(22)21-11-14-4-6-16-18(10-14)26-12-25-16/h3-6,9-10H,7-8,11-12H2,1-2H3,(H2,20,21,22). The first-order chi connectivity index (χ1) is 12.7. The van der Waals surface area contributed by atoms with Crippen LogP contribution in [0.15, 0.2) is 36.4 Å². The van der Waals surface area contributed by atoms with Crippen LogP contribution in [-0.4, -0.2) is 33.6 Å². The maximum atomic E-state index is 11.9. The first-order valence-corrected chi connectivity index (χ1v) is 8.30. The maximum absolute atomic E-state index is 11.9. The van der Waals surface area contributed by atoms with Crippen LogP contribution in [0.3, 0.4) is 0 Å². The zero-order valence-electron chi connectivity index (χ0n) is 14.8. The van der Waals surface area contributed by atoms with Gasteiger partial charge < -0.3 is 29.6 Å². The molecule has 2 amide bonds. The zero-order valence-corrected chi connectivity index (χ0v) is 14.8. The van der Waals surface area contributed by atoms with Crippen LogP contribution >= 0.6 is 0 Å². The van der Waals surface area contributed by atoms with Crippen molar-refractivity contribution in [3.8, 4) is 23.0 Å². The van der Waals surface area contributed by atoms with Gasteiger partial charge in [0, 0.05) is 13.1 Å². The van der Waals surface area contributed by atoms with Crippen molar-refractivity contribution in [1.29, 1.82) is 0 Å². The predicted octanol–water partition coefficient (Wildman–Crippen LogP) is 2.47. The van der Waals surface area contributed by atoms with E-state index in [1.807, 2.05) is 36.4 Å². The Morgan fingerprint density at radius 3 is 2.54 bits per heavy atom. The number of nitrogens with one attached hydrogen (secondary N) is 2. The van der Waals surface area contributed by atoms with Gasteiger partial charge in [-0.25, -0.2) is 4.79 Å². The van der Waals surface area contributed by atoms with Crippen molar-refractivity contribution >= 4 is 6.03 Å². The largest absolute Gasteiger partial charge is 0.493 e. The topological polar surface area (TPSA) is 78.1 Å². The van der Waals surface area contributed by atoms with Gasteiger partial charge in [0.15, 0.2) is 23.0 Å². The number of carbonyl (C=O) groups excluding carboxylic acids is 1. The summed E-state index contributed by atoms with van der Waals surface area (Å²) >= 11 is 0. The highest BCUT2D eigenvalue weighted by molar-refractivity contribution is 5.73. The number of rotatable bonds is 7. The highest BCUT2D eigenvalue weighted by Gasteiger charge is 2.13. The summed E-state index contributed by atoms with van der Waals surface area (Å²) in [5, 5.41) is 5.67. The molecule has 0 unspecified atom stereocenters. The second-order valence-corrected chi connectivity index (χ2v) is 5.74. The van der Waals surface area contributed by atoms with Gasteiger partial charge in [-0.05, 0) is 41.8 Å². The summed E-state index contributed by atoms with van der Waals surface area (Å²) in [7, 11) is 3.20. The second-order valence-electron chi connectivity index (χ2n) is 5.74. The Morgan fingerprint density at radius 1 is 0.962 bits per heavy atom. The minimum Gasteiger partial charge on any atom is -0.493 e. The summed E-state index contributed by atoms with van der Waals surface area (Å²) < 4.78 is 21.1. The van der Waals surface area contributed by atoms with E-state index in [2.05, 4.69) is 10.6 Å². The first kappa shape index (κ1) is 17.7. The molecule has 7 heteroatoms. The highest BCUT2D eigenvalue weighted by atomic mass is 16.7. The predicted molar refractivity (Wildman–Crippen MR) is 96.1 cm³/mol. The van der Waals surface area contributed by atoms with Gasteiger partial charge in [-0.3, -0.25) is 0 Å². The van der Waals surface area contributed by atoms with Gasteiger partial charge in [-0.15, -0.1) is 0 Å². The minimum absolute atomic E-state index is 0.219. The van der Waals surface area contributed by atoms with Gasteiger partial charge >= 0.3 is 6.03 Å². The number of methoxy groups -OCH3 is 2. The summed E-state index contributed by atoms with van der Waals surface area (Å²) in [6.45, 7) is 1.17. The molecule has 0 fully saturated rings. The first-order valence-electron chi connectivity index (χ1n) is 8.30. The van der Waals surface area contributed by atoms with Gasteiger partial charge in [-0.1, -0.05) is 12.1 Å². The molecule has 1 aliphatic heterocycles. The van der Waals surface area contributed by atoms with Gasteiger partial charge in [0.25, 0.3) is 0 Å². The van der Waals surface area contributed by atoms with E-state index in [-0.39, 0.29) is 12.8 Å². The average molecular weight is 358 g/mol. The van der Waals surface area contributed by atoms with E-state index in [0.717, 1.165) is 16.9 Å². The number of urea groups is 1. The van der Waals surface area contributed by atoms with E-state index < -0.39 is 0 Å². The Bertz CT molecular complexity index is 779. The van der Waals surface area contributed by atoms with Crippen LogP contribution in [0, 0.1) is 0 Å². The fourth-order valence-corrected chi connectivity index (χ4v) is 2.65. The van der Waals surface area contributed by atoms with Crippen molar-refractivity contribution in [3.05, 3.63) is 47.5 Å². The number of hydrogen-bond donors (Lipinski definition) is 2. The van der Waals surface area contributed by atoms with Gasteiger partial charge in [0.1, 0.15) is 0 Å². The Kier molecular flexibility index (Phi) is 5.68. The summed E-state index contributed by atoms with van der Waals surface area (Å²) in [5.41, 5.74) is 2.00. The fourth-order valence-electron chi connectivity index (χ4n) is 2.65. The molecule has 0 saturated carbocycles. The maximum Gasteiger partial charge on any atom is 0.315 e. The summed E-state index contributed by atoms with van der Waals surface area (Å²) in [6, 6.07) is 11.1. The lowest BCUT2D eigenvalue weighted by Gasteiger charge is -2.11. The third kappa shape index (κ3) is 4.30. The third-order valence-electron chi connectivity index (χ3n) is 4.04. The molecule has 3 rings (SSSR count). The Morgan fingerprint density at radius 2 is 1.73 bits per heavy atom. The molecule has 0 aliphatic carbocycles. The second kappa shape index (κ2) is 8.33. The Hall–Kier alpha value is -3.09. The lowest BCUT2D eigenvalue weighted by atomic mass is 10.1. The van der Waals surface area contributed by atoms with E-state index in [4.69, 9.17) is 18.9 Å². The molecule has 2 aromatic rings. The van der Waals surface area contributed by atoms with E-state index in [0.29, 0.717) is 36.8 Å². The molecule has 2 aromatic carbocycles. The van der Waals surface area contributed by atoms with Crippen LogP contribution in [0.2, 0.25) is 0 Å². The molecule has 1 heterocycles. The molecular weight excluding hydrogens is 336 g/mol. The Labute approximate surface area is 152 Å². The van der Waals surface area contributed by atoms with E-state index in [9.17, 15) is 4.79 Å². The van der Waals surface area contributed by atoms with Gasteiger partial charge in [0.05, 0.1) is 14.2 Å². The average Bonchev–Trinajstić information content (AvgIpc) is 3.14. The van der Waals surface area contributed by atoms with Crippen molar-refractivity contribution in [3.63, 3.8) is 0 Å². The number of fused-ring (bicyclic) bond motifs is 1. The van der Waals surface area contributed by atoms with Crippen molar-refractivity contribution in [2.24, 2.45) is 0 Å². The zero-order chi connectivity index (χ0) is 18.4. The lowest BCUT2D eigenvalue weighted by Crippen LogP contribution is -2.36. The van der Waals surface area contributed by atoms with Crippen molar-refractivity contribution in [2.45, 2.75) is 13.0 Å². The molecule has 26 heavy (non-hydrogen) atoms. The van der Waals surface area contributed by atoms with Crippen LogP contribution < -0.4 is 29.6 Å². The van der Waals surface area contributed by atoms with Crippen LogP contribution in [0.1, 0.15) is 11.1 Å². The lowest BCUT2D eigenvalue weighted by molar-refractivity contribution is 0.174. The molecule has 1 aliphatic rings. The van der Waals surface area contributed by atoms with Crippen LogP contribution in [0.4, 0.5) is 4.79 Å². The van der Waals surface area contributed by atoms with Gasteiger partial charge in [0.2, 0.25) is 6.79 Å². The van der Waals surface area contributed by atoms with Crippen LogP contribution in [0.5, 0.6) is 23.0 Å². The summed E-state index contributed by atoms with van der Waals surface area (Å²) in [6.07, 6.45) is 0.692. The molecule has 7 nitrogen and oxygen atoms in total. The summed E-state index contributed by atoms with van der Waals surface area (Å²) in [5.74, 6) is 2.80.